The van der Waals surface area contributed by atoms with Crippen molar-refractivity contribution in [2.75, 3.05) is 6.61 Å². The number of allylic oxidation sites excluding steroid dienone is 1. The summed E-state index contributed by atoms with van der Waals surface area (Å²) >= 11 is 1.24. The molecule has 5 nitrogen and oxygen atoms in total. The number of hydrogen-bond acceptors (Lipinski definition) is 6. The van der Waals surface area contributed by atoms with E-state index in [1.54, 1.807) is 13.8 Å². The van der Waals surface area contributed by atoms with Crippen LogP contribution < -0.4 is 0 Å². The number of ether oxygens (including phenoxy) is 1. The van der Waals surface area contributed by atoms with Gasteiger partial charge in [-0.25, -0.2) is 9.78 Å². The lowest BCUT2D eigenvalue weighted by Gasteiger charge is -2.07. The Hall–Kier alpha value is -1.56. The summed E-state index contributed by atoms with van der Waals surface area (Å²) in [4.78, 5) is 16.3. The molecule has 6 heteroatoms. The van der Waals surface area contributed by atoms with Crippen LogP contribution in [0.1, 0.15) is 43.9 Å². The van der Waals surface area contributed by atoms with Crippen molar-refractivity contribution in [1.82, 2.24) is 4.98 Å². The van der Waals surface area contributed by atoms with Crippen LogP contribution in [-0.2, 0) is 4.74 Å². The summed E-state index contributed by atoms with van der Waals surface area (Å²) in [6.45, 7) is 7.47. The zero-order valence-electron chi connectivity index (χ0n) is 10.9. The average Bonchev–Trinajstić information content (AvgIpc) is 2.74. The molecule has 1 aromatic heterocycles. The number of nitrogens with zero attached hydrogens (tertiary/aromatic N) is 1. The smallest absolute Gasteiger partial charge is 0.361 e. The monoisotopic (exact) mass is 268 g/mol. The number of rotatable bonds is 4. The van der Waals surface area contributed by atoms with Crippen molar-refractivity contribution in [3.05, 3.63) is 23.4 Å². The maximum Gasteiger partial charge on any atom is 0.361 e. The molecule has 0 radical (unpaired) electrons. The SMILES string of the molecule is CCOC(=O)c1ncoc1C(SC(C)=N)=C(C)C. The van der Waals surface area contributed by atoms with Crippen molar-refractivity contribution in [2.24, 2.45) is 0 Å². The molecule has 1 rings (SSSR count). The molecule has 0 amide bonds. The van der Waals surface area contributed by atoms with E-state index in [2.05, 4.69) is 4.98 Å². The Bertz CT molecular complexity index is 487. The maximum atomic E-state index is 11.7. The number of aromatic nitrogens is 1. The van der Waals surface area contributed by atoms with Crippen LogP contribution in [0.25, 0.3) is 4.91 Å². The third kappa shape index (κ3) is 3.46. The molecule has 0 aliphatic heterocycles. The first-order valence-electron chi connectivity index (χ1n) is 5.48. The minimum atomic E-state index is -0.511. The largest absolute Gasteiger partial charge is 0.461 e. The minimum absolute atomic E-state index is 0.154. The molecule has 0 saturated heterocycles. The van der Waals surface area contributed by atoms with Gasteiger partial charge >= 0.3 is 5.97 Å². The highest BCUT2D eigenvalue weighted by molar-refractivity contribution is 8.21. The van der Waals surface area contributed by atoms with Gasteiger partial charge in [-0.15, -0.1) is 0 Å². The molecule has 1 heterocycles. The van der Waals surface area contributed by atoms with Crippen LogP contribution >= 0.6 is 11.8 Å². The molecule has 1 aromatic rings. The fraction of sp³-hybridized carbons (Fsp3) is 0.417. The van der Waals surface area contributed by atoms with Gasteiger partial charge in [0.2, 0.25) is 0 Å². The summed E-state index contributed by atoms with van der Waals surface area (Å²) in [5, 5.41) is 7.94. The fourth-order valence-electron chi connectivity index (χ4n) is 1.28. The third-order valence-corrected chi connectivity index (χ3v) is 3.06. The van der Waals surface area contributed by atoms with Gasteiger partial charge in [0.15, 0.2) is 17.8 Å². The van der Waals surface area contributed by atoms with Crippen LogP contribution in [-0.4, -0.2) is 22.6 Å². The Labute approximate surface area is 110 Å². The first-order chi connectivity index (χ1) is 8.47. The number of nitrogens with one attached hydrogen (secondary N) is 1. The lowest BCUT2D eigenvalue weighted by molar-refractivity contribution is 0.0519. The van der Waals surface area contributed by atoms with Gasteiger partial charge in [-0.2, -0.15) is 0 Å². The molecule has 0 fully saturated rings. The number of carbonyl (C=O) groups is 1. The zero-order chi connectivity index (χ0) is 13.7. The lowest BCUT2D eigenvalue weighted by atomic mass is 10.2. The topological polar surface area (TPSA) is 76.2 Å². The van der Waals surface area contributed by atoms with Gasteiger partial charge in [-0.05, 0) is 27.7 Å². The van der Waals surface area contributed by atoms with Crippen molar-refractivity contribution in [1.29, 1.82) is 5.41 Å². The Morgan fingerprint density at radius 2 is 2.17 bits per heavy atom. The third-order valence-electron chi connectivity index (χ3n) is 1.95. The van der Waals surface area contributed by atoms with Crippen LogP contribution in [0.2, 0.25) is 0 Å². The predicted octanol–water partition coefficient (Wildman–Crippen LogP) is 3.33. The zero-order valence-corrected chi connectivity index (χ0v) is 11.7. The minimum Gasteiger partial charge on any atom is -0.461 e. The standard InChI is InChI=1S/C12H16N2O3S/c1-5-16-12(15)9-10(17-6-14-9)11(7(2)3)18-8(4)13/h6,13H,5H2,1-4H3. The Balaban J connectivity index is 3.15. The van der Waals surface area contributed by atoms with Crippen molar-refractivity contribution in [3.63, 3.8) is 0 Å². The molecule has 18 heavy (non-hydrogen) atoms. The van der Waals surface area contributed by atoms with Crippen molar-refractivity contribution in [2.45, 2.75) is 27.7 Å². The highest BCUT2D eigenvalue weighted by atomic mass is 32.2. The number of thioether (sulfide) groups is 1. The van der Waals surface area contributed by atoms with Gasteiger partial charge in [-0.3, -0.25) is 5.41 Å². The molecule has 98 valence electrons. The molecule has 0 aromatic carbocycles. The van der Waals surface area contributed by atoms with E-state index in [9.17, 15) is 4.79 Å². The second kappa shape index (κ2) is 6.39. The number of esters is 1. The van der Waals surface area contributed by atoms with Gasteiger partial charge in [0.1, 0.15) is 0 Å². The van der Waals surface area contributed by atoms with E-state index in [-0.39, 0.29) is 12.3 Å². The molecule has 1 N–H and O–H groups in total. The predicted molar refractivity (Wildman–Crippen MR) is 71.7 cm³/mol. The van der Waals surface area contributed by atoms with Gasteiger partial charge in [-0.1, -0.05) is 17.3 Å². The molecular formula is C12H16N2O3S. The highest BCUT2D eigenvalue weighted by Gasteiger charge is 2.22. The lowest BCUT2D eigenvalue weighted by Crippen LogP contribution is -2.07. The summed E-state index contributed by atoms with van der Waals surface area (Å²) in [5.41, 5.74) is 1.11. The van der Waals surface area contributed by atoms with Gasteiger partial charge in [0, 0.05) is 0 Å². The van der Waals surface area contributed by atoms with Gasteiger partial charge < -0.3 is 9.15 Å². The Morgan fingerprint density at radius 1 is 1.50 bits per heavy atom. The summed E-state index contributed by atoms with van der Waals surface area (Å²) in [6.07, 6.45) is 1.21. The van der Waals surface area contributed by atoms with E-state index in [0.29, 0.717) is 10.8 Å². The summed E-state index contributed by atoms with van der Waals surface area (Å²) in [7, 11) is 0. The first kappa shape index (κ1) is 14.5. The normalized spacial score (nSPS) is 10.0. The Kier molecular flexibility index (Phi) is 5.15. The van der Waals surface area contributed by atoms with E-state index in [0.717, 1.165) is 10.5 Å². The molecular weight excluding hydrogens is 252 g/mol. The van der Waals surface area contributed by atoms with Crippen LogP contribution in [0.5, 0.6) is 0 Å². The molecule has 0 bridgehead atoms. The van der Waals surface area contributed by atoms with E-state index in [1.807, 2.05) is 13.8 Å². The first-order valence-corrected chi connectivity index (χ1v) is 6.30. The molecule has 0 saturated carbocycles. The van der Waals surface area contributed by atoms with Crippen molar-refractivity contribution in [3.8, 4) is 0 Å². The van der Waals surface area contributed by atoms with E-state index >= 15 is 0 Å². The Morgan fingerprint density at radius 3 is 2.67 bits per heavy atom. The molecule has 0 unspecified atom stereocenters. The summed E-state index contributed by atoms with van der Waals surface area (Å²) in [6, 6.07) is 0. The van der Waals surface area contributed by atoms with E-state index in [1.165, 1.54) is 18.2 Å². The number of hydrogen-bond donors (Lipinski definition) is 1. The van der Waals surface area contributed by atoms with Crippen molar-refractivity contribution < 1.29 is 13.9 Å². The number of oxazole rings is 1. The average molecular weight is 268 g/mol. The number of carbonyl (C=O) groups excluding carboxylic acids is 1. The van der Waals surface area contributed by atoms with E-state index in [4.69, 9.17) is 14.6 Å². The summed E-state index contributed by atoms with van der Waals surface area (Å²) in [5.74, 6) is -0.145. The van der Waals surface area contributed by atoms with Gasteiger partial charge in [0.05, 0.1) is 16.6 Å². The van der Waals surface area contributed by atoms with Gasteiger partial charge in [0.25, 0.3) is 0 Å². The molecule has 0 aliphatic carbocycles. The maximum absolute atomic E-state index is 11.7. The van der Waals surface area contributed by atoms with Crippen LogP contribution in [0, 0.1) is 5.41 Å². The van der Waals surface area contributed by atoms with Crippen molar-refractivity contribution >= 4 is 27.7 Å². The highest BCUT2D eigenvalue weighted by Crippen LogP contribution is 2.33. The van der Waals surface area contributed by atoms with Crippen LogP contribution in [0.15, 0.2) is 16.4 Å². The van der Waals surface area contributed by atoms with Crippen LogP contribution in [0.4, 0.5) is 0 Å². The van der Waals surface area contributed by atoms with Crippen LogP contribution in [0.3, 0.4) is 0 Å². The van der Waals surface area contributed by atoms with E-state index < -0.39 is 5.97 Å². The molecule has 0 spiro atoms. The second-order valence-electron chi connectivity index (χ2n) is 3.74. The second-order valence-corrected chi connectivity index (χ2v) is 4.96. The quantitative estimate of drug-likeness (QED) is 0.515. The molecule has 0 aliphatic rings. The summed E-state index contributed by atoms with van der Waals surface area (Å²) < 4.78 is 10.2. The molecule has 0 atom stereocenters. The fourth-order valence-corrected chi connectivity index (χ4v) is 2.03.